The van der Waals surface area contributed by atoms with Gasteiger partial charge < -0.3 is 4.74 Å². The van der Waals surface area contributed by atoms with Gasteiger partial charge in [-0.15, -0.1) is 0 Å². The highest BCUT2D eigenvalue weighted by molar-refractivity contribution is 7.90. The minimum atomic E-state index is -4.61. The zero-order chi connectivity index (χ0) is 17.3. The number of carbonyl (C=O) groups excluding carboxylic acids is 1. The average Bonchev–Trinajstić information content (AvgIpc) is 2.95. The molecular formula is C13H15F3N2O4S. The molecule has 1 heterocycles. The second-order valence-electron chi connectivity index (χ2n) is 5.22. The summed E-state index contributed by atoms with van der Waals surface area (Å²) in [7, 11) is -2.79. The van der Waals surface area contributed by atoms with Gasteiger partial charge in [-0.3, -0.25) is 4.79 Å². The van der Waals surface area contributed by atoms with Crippen molar-refractivity contribution in [1.29, 1.82) is 0 Å². The molecule has 6 nitrogen and oxygen atoms in total. The van der Waals surface area contributed by atoms with Crippen molar-refractivity contribution < 1.29 is 31.1 Å². The van der Waals surface area contributed by atoms with Gasteiger partial charge in [-0.25, -0.2) is 9.71 Å². The van der Waals surface area contributed by atoms with Gasteiger partial charge in [-0.05, 0) is 31.4 Å². The van der Waals surface area contributed by atoms with Crippen molar-refractivity contribution in [2.75, 3.05) is 7.11 Å². The Balaban J connectivity index is 2.08. The Morgan fingerprint density at radius 1 is 1.35 bits per heavy atom. The summed E-state index contributed by atoms with van der Waals surface area (Å²) in [5.41, 5.74) is -1.07. The zero-order valence-corrected chi connectivity index (χ0v) is 12.9. The molecule has 1 fully saturated rings. The first-order valence-electron chi connectivity index (χ1n) is 6.76. The summed E-state index contributed by atoms with van der Waals surface area (Å²) in [6.07, 6.45) is -2.77. The van der Waals surface area contributed by atoms with Gasteiger partial charge in [0.15, 0.2) is 5.03 Å². The maximum absolute atomic E-state index is 12.4. The molecule has 1 saturated carbocycles. The summed E-state index contributed by atoms with van der Waals surface area (Å²) in [6.45, 7) is 0. The Bertz CT molecular complexity index is 673. The lowest BCUT2D eigenvalue weighted by atomic mass is 10.1. The third-order valence-corrected chi connectivity index (χ3v) is 4.92. The molecule has 128 valence electrons. The fourth-order valence-electron chi connectivity index (χ4n) is 2.37. The van der Waals surface area contributed by atoms with Gasteiger partial charge in [0, 0.05) is 19.2 Å². The lowest BCUT2D eigenvalue weighted by Gasteiger charge is -2.12. The van der Waals surface area contributed by atoms with Crippen LogP contribution in [0.25, 0.3) is 0 Å². The number of ether oxygens (including phenoxy) is 1. The number of aromatic nitrogens is 1. The second-order valence-corrected chi connectivity index (χ2v) is 6.85. The van der Waals surface area contributed by atoms with Crippen LogP contribution in [0.4, 0.5) is 13.2 Å². The molecule has 0 aromatic carbocycles. The van der Waals surface area contributed by atoms with Crippen LogP contribution in [0.2, 0.25) is 0 Å². The maximum atomic E-state index is 12.4. The number of hydrogen-bond acceptors (Lipinski definition) is 5. The number of methoxy groups -OCH3 is 1. The first kappa shape index (κ1) is 17.7. The normalized spacial score (nSPS) is 22.1. The molecule has 1 N–H and O–H groups in total. The van der Waals surface area contributed by atoms with Crippen molar-refractivity contribution >= 4 is 15.9 Å². The summed E-state index contributed by atoms with van der Waals surface area (Å²) in [4.78, 5) is 15.2. The van der Waals surface area contributed by atoms with E-state index in [-0.39, 0.29) is 6.10 Å². The highest BCUT2D eigenvalue weighted by Gasteiger charge is 2.34. The van der Waals surface area contributed by atoms with Gasteiger partial charge in [0.25, 0.3) is 10.0 Å². The van der Waals surface area contributed by atoms with E-state index in [0.717, 1.165) is 0 Å². The molecule has 0 spiro atoms. The number of alkyl halides is 3. The SMILES string of the molecule is COC1CCC(C(=O)NS(=O)(=O)c2ccc(C(F)(F)F)cn2)C1. The van der Waals surface area contributed by atoms with Crippen LogP contribution >= 0.6 is 0 Å². The monoisotopic (exact) mass is 352 g/mol. The van der Waals surface area contributed by atoms with Crippen molar-refractivity contribution in [3.63, 3.8) is 0 Å². The Morgan fingerprint density at radius 3 is 2.52 bits per heavy atom. The van der Waals surface area contributed by atoms with Gasteiger partial charge in [-0.1, -0.05) is 0 Å². The van der Waals surface area contributed by atoms with Crippen LogP contribution in [-0.2, 0) is 25.7 Å². The smallest absolute Gasteiger partial charge is 0.381 e. The van der Waals surface area contributed by atoms with Crippen LogP contribution in [0, 0.1) is 5.92 Å². The van der Waals surface area contributed by atoms with Crippen LogP contribution in [0.5, 0.6) is 0 Å². The summed E-state index contributed by atoms with van der Waals surface area (Å²) in [5, 5.41) is -0.639. The maximum Gasteiger partial charge on any atom is 0.417 e. The number of rotatable bonds is 4. The fourth-order valence-corrected chi connectivity index (χ4v) is 3.34. The van der Waals surface area contributed by atoms with Crippen LogP contribution in [0.3, 0.4) is 0 Å². The van der Waals surface area contributed by atoms with E-state index in [1.165, 1.54) is 7.11 Å². The average molecular weight is 352 g/mol. The van der Waals surface area contributed by atoms with E-state index in [9.17, 15) is 26.4 Å². The lowest BCUT2D eigenvalue weighted by Crippen LogP contribution is -2.35. The van der Waals surface area contributed by atoms with Crippen molar-refractivity contribution in [2.24, 2.45) is 5.92 Å². The van der Waals surface area contributed by atoms with E-state index < -0.39 is 38.6 Å². The summed E-state index contributed by atoms with van der Waals surface area (Å²) >= 11 is 0. The fraction of sp³-hybridized carbons (Fsp3) is 0.538. The molecule has 1 aromatic heterocycles. The van der Waals surface area contributed by atoms with Gasteiger partial charge in [-0.2, -0.15) is 21.6 Å². The van der Waals surface area contributed by atoms with Gasteiger partial charge in [0.2, 0.25) is 5.91 Å². The first-order chi connectivity index (χ1) is 10.6. The minimum Gasteiger partial charge on any atom is -0.381 e. The van der Waals surface area contributed by atoms with Crippen molar-refractivity contribution in [3.8, 4) is 0 Å². The molecule has 0 radical (unpaired) electrons. The minimum absolute atomic E-state index is 0.0994. The zero-order valence-electron chi connectivity index (χ0n) is 12.1. The van der Waals surface area contributed by atoms with Crippen LogP contribution < -0.4 is 4.72 Å². The van der Waals surface area contributed by atoms with Crippen LogP contribution in [0.1, 0.15) is 24.8 Å². The molecule has 0 aliphatic heterocycles. The Labute approximate surface area is 131 Å². The van der Waals surface area contributed by atoms with E-state index in [0.29, 0.717) is 37.6 Å². The number of sulfonamides is 1. The molecule has 0 bridgehead atoms. The van der Waals surface area contributed by atoms with E-state index in [1.807, 2.05) is 4.72 Å². The van der Waals surface area contributed by atoms with E-state index >= 15 is 0 Å². The number of amides is 1. The highest BCUT2D eigenvalue weighted by Crippen LogP contribution is 2.29. The third kappa shape index (κ3) is 4.20. The number of pyridine rings is 1. The Kier molecular flexibility index (Phi) is 4.95. The number of halogens is 3. The van der Waals surface area contributed by atoms with Crippen molar-refractivity contribution in [3.05, 3.63) is 23.9 Å². The summed E-state index contributed by atoms with van der Waals surface area (Å²) in [6, 6.07) is 1.31. The van der Waals surface area contributed by atoms with Gasteiger partial charge in [0.05, 0.1) is 11.7 Å². The van der Waals surface area contributed by atoms with E-state index in [4.69, 9.17) is 4.74 Å². The third-order valence-electron chi connectivity index (χ3n) is 3.66. The van der Waals surface area contributed by atoms with Crippen LogP contribution in [-0.4, -0.2) is 32.5 Å². The number of carbonyl (C=O) groups is 1. The summed E-state index contributed by atoms with van der Waals surface area (Å²) in [5.74, 6) is -1.21. The molecule has 1 aliphatic rings. The van der Waals surface area contributed by atoms with Crippen LogP contribution in [0.15, 0.2) is 23.4 Å². The Hall–Kier alpha value is -1.68. The quantitative estimate of drug-likeness (QED) is 0.892. The lowest BCUT2D eigenvalue weighted by molar-refractivity contribution is -0.137. The topological polar surface area (TPSA) is 85.4 Å². The molecular weight excluding hydrogens is 337 g/mol. The second kappa shape index (κ2) is 6.44. The number of hydrogen-bond donors (Lipinski definition) is 1. The van der Waals surface area contributed by atoms with E-state index in [1.54, 1.807) is 0 Å². The molecule has 23 heavy (non-hydrogen) atoms. The molecule has 2 unspecified atom stereocenters. The molecule has 0 saturated heterocycles. The van der Waals surface area contributed by atoms with Gasteiger partial charge >= 0.3 is 6.18 Å². The molecule has 1 aliphatic carbocycles. The highest BCUT2D eigenvalue weighted by atomic mass is 32.2. The molecule has 1 aromatic rings. The molecule has 2 rings (SSSR count). The van der Waals surface area contributed by atoms with Crippen molar-refractivity contribution in [2.45, 2.75) is 36.6 Å². The predicted octanol–water partition coefficient (Wildman–Crippen LogP) is 1.72. The Morgan fingerprint density at radius 2 is 2.04 bits per heavy atom. The first-order valence-corrected chi connectivity index (χ1v) is 8.24. The molecule has 10 heteroatoms. The van der Waals surface area contributed by atoms with Crippen molar-refractivity contribution in [1.82, 2.24) is 9.71 Å². The molecule has 1 amide bonds. The molecule has 2 atom stereocenters. The predicted molar refractivity (Wildman–Crippen MR) is 72.7 cm³/mol. The largest absolute Gasteiger partial charge is 0.417 e. The number of nitrogens with zero attached hydrogens (tertiary/aromatic N) is 1. The van der Waals surface area contributed by atoms with E-state index in [2.05, 4.69) is 4.98 Å². The van der Waals surface area contributed by atoms with Gasteiger partial charge in [0.1, 0.15) is 0 Å². The summed E-state index contributed by atoms with van der Waals surface area (Å²) < 4.78 is 68.3. The number of nitrogens with one attached hydrogen (secondary N) is 1. The standard InChI is InChI=1S/C13H15F3N2O4S/c1-22-10-4-2-8(6-10)12(19)18-23(20,21)11-5-3-9(7-17-11)13(14,15)16/h3,5,7-8,10H,2,4,6H2,1H3,(H,18,19).